The minimum Gasteiger partial charge on any atom is -0.304 e. The Kier molecular flexibility index (Phi) is 3.34. The molecule has 0 spiro atoms. The Labute approximate surface area is 112 Å². The van der Waals surface area contributed by atoms with Crippen LogP contribution in [0.4, 0.5) is 4.39 Å². The molecule has 1 aliphatic rings. The zero-order chi connectivity index (χ0) is 13.2. The number of nitrogens with zero attached hydrogens (tertiary/aromatic N) is 2. The molecule has 1 saturated carbocycles. The summed E-state index contributed by atoms with van der Waals surface area (Å²) >= 11 is 0. The van der Waals surface area contributed by atoms with Crippen molar-refractivity contribution in [2.45, 2.75) is 25.4 Å². The number of nitrogens with one attached hydrogen (secondary N) is 1. The minimum atomic E-state index is -0.178. The highest BCUT2D eigenvalue weighted by Gasteiger charge is 2.31. The first kappa shape index (κ1) is 12.4. The molecule has 1 aliphatic carbocycles. The maximum Gasteiger partial charge on any atom is 0.123 e. The molecule has 2 aromatic rings. The van der Waals surface area contributed by atoms with Gasteiger partial charge in [-0.2, -0.15) is 5.10 Å². The van der Waals surface area contributed by atoms with Gasteiger partial charge in [-0.05, 0) is 42.5 Å². The van der Waals surface area contributed by atoms with Gasteiger partial charge < -0.3 is 5.32 Å². The number of aryl methyl sites for hydroxylation is 1. The first-order chi connectivity index (χ1) is 9.22. The topological polar surface area (TPSA) is 29.9 Å². The third kappa shape index (κ3) is 3.01. The second-order valence-corrected chi connectivity index (χ2v) is 5.23. The number of aromatic nitrogens is 2. The lowest BCUT2D eigenvalue weighted by Gasteiger charge is -2.18. The van der Waals surface area contributed by atoms with Crippen LogP contribution in [0.25, 0.3) is 0 Å². The highest BCUT2D eigenvalue weighted by molar-refractivity contribution is 5.22. The van der Waals surface area contributed by atoms with Gasteiger partial charge in [0.25, 0.3) is 0 Å². The molecule has 0 saturated heterocycles. The van der Waals surface area contributed by atoms with Crippen LogP contribution in [0.1, 0.15) is 30.1 Å². The second kappa shape index (κ2) is 5.13. The van der Waals surface area contributed by atoms with E-state index in [9.17, 15) is 4.39 Å². The first-order valence-electron chi connectivity index (χ1n) is 6.70. The lowest BCUT2D eigenvalue weighted by molar-refractivity contribution is 0.473. The van der Waals surface area contributed by atoms with Gasteiger partial charge >= 0.3 is 0 Å². The summed E-state index contributed by atoms with van der Waals surface area (Å²) in [5.74, 6) is 0.497. The molecule has 0 aliphatic heterocycles. The summed E-state index contributed by atoms with van der Waals surface area (Å²) in [6.45, 7) is 0.749. The van der Waals surface area contributed by atoms with Crippen LogP contribution in [-0.2, 0) is 13.6 Å². The van der Waals surface area contributed by atoms with E-state index in [2.05, 4.69) is 10.4 Å². The van der Waals surface area contributed by atoms with Crippen molar-refractivity contribution in [1.29, 1.82) is 0 Å². The van der Waals surface area contributed by atoms with E-state index in [1.165, 1.54) is 30.5 Å². The zero-order valence-electron chi connectivity index (χ0n) is 11.0. The van der Waals surface area contributed by atoms with Crippen LogP contribution in [0.2, 0.25) is 0 Å². The van der Waals surface area contributed by atoms with Crippen molar-refractivity contribution in [3.8, 4) is 0 Å². The Bertz CT molecular complexity index is 543. The molecule has 1 aromatic heterocycles. The van der Waals surface area contributed by atoms with Gasteiger partial charge in [0, 0.05) is 25.8 Å². The molecule has 19 heavy (non-hydrogen) atoms. The maximum atomic E-state index is 13.0. The van der Waals surface area contributed by atoms with Gasteiger partial charge in [0.2, 0.25) is 0 Å². The zero-order valence-corrected chi connectivity index (χ0v) is 11.0. The number of halogens is 1. The average molecular weight is 259 g/mol. The van der Waals surface area contributed by atoms with Gasteiger partial charge in [-0.3, -0.25) is 4.68 Å². The minimum absolute atomic E-state index is 0.178. The van der Waals surface area contributed by atoms with Gasteiger partial charge in [0.05, 0.1) is 5.69 Å². The molecule has 1 N–H and O–H groups in total. The number of rotatable bonds is 5. The molecule has 1 heterocycles. The first-order valence-corrected chi connectivity index (χ1v) is 6.70. The lowest BCUT2D eigenvalue weighted by Crippen LogP contribution is -2.23. The molecular formula is C15H18FN3. The van der Waals surface area contributed by atoms with Crippen LogP contribution in [0, 0.1) is 11.7 Å². The molecule has 100 valence electrons. The summed E-state index contributed by atoms with van der Waals surface area (Å²) in [6, 6.07) is 9.15. The normalized spacial score (nSPS) is 16.5. The standard InChI is InChI=1S/C15H18FN3/c1-19-9-8-14(18-19)10-17-15(11-2-3-11)12-4-6-13(16)7-5-12/h4-9,11,15,17H,2-3,10H2,1H3. The van der Waals surface area contributed by atoms with Crippen molar-refractivity contribution in [2.24, 2.45) is 13.0 Å². The Hall–Kier alpha value is -1.68. The third-order valence-electron chi connectivity index (χ3n) is 3.59. The second-order valence-electron chi connectivity index (χ2n) is 5.23. The average Bonchev–Trinajstić information content (AvgIpc) is 3.15. The summed E-state index contributed by atoms with van der Waals surface area (Å²) in [5.41, 5.74) is 2.20. The summed E-state index contributed by atoms with van der Waals surface area (Å²) < 4.78 is 14.8. The van der Waals surface area contributed by atoms with Crippen molar-refractivity contribution in [2.75, 3.05) is 0 Å². The van der Waals surface area contributed by atoms with E-state index in [1.807, 2.05) is 31.4 Å². The van der Waals surface area contributed by atoms with Crippen LogP contribution in [0.5, 0.6) is 0 Å². The van der Waals surface area contributed by atoms with E-state index in [0.717, 1.165) is 12.2 Å². The highest BCUT2D eigenvalue weighted by atomic mass is 19.1. The van der Waals surface area contributed by atoms with E-state index in [4.69, 9.17) is 0 Å². The van der Waals surface area contributed by atoms with Crippen molar-refractivity contribution in [1.82, 2.24) is 15.1 Å². The molecule has 1 fully saturated rings. The molecule has 0 amide bonds. The van der Waals surface area contributed by atoms with Crippen molar-refractivity contribution >= 4 is 0 Å². The largest absolute Gasteiger partial charge is 0.304 e. The van der Waals surface area contributed by atoms with E-state index >= 15 is 0 Å². The molecule has 4 heteroatoms. The predicted octanol–water partition coefficient (Wildman–Crippen LogP) is 2.80. The van der Waals surface area contributed by atoms with E-state index < -0.39 is 0 Å². The molecule has 0 radical (unpaired) electrons. The molecule has 3 nitrogen and oxygen atoms in total. The Balaban J connectivity index is 1.69. The van der Waals surface area contributed by atoms with Crippen molar-refractivity contribution < 1.29 is 4.39 Å². The maximum absolute atomic E-state index is 13.0. The van der Waals surface area contributed by atoms with E-state index in [1.54, 1.807) is 4.68 Å². The fraction of sp³-hybridized carbons (Fsp3) is 0.400. The summed E-state index contributed by atoms with van der Waals surface area (Å²) in [6.07, 6.45) is 4.44. The van der Waals surface area contributed by atoms with Gasteiger partial charge in [0.1, 0.15) is 5.82 Å². The quantitative estimate of drug-likeness (QED) is 0.894. The molecular weight excluding hydrogens is 241 g/mol. The van der Waals surface area contributed by atoms with E-state index in [0.29, 0.717) is 12.0 Å². The fourth-order valence-corrected chi connectivity index (χ4v) is 2.43. The van der Waals surface area contributed by atoms with Crippen LogP contribution in [0.15, 0.2) is 36.5 Å². The Morgan fingerprint density at radius 3 is 2.63 bits per heavy atom. The van der Waals surface area contributed by atoms with Gasteiger partial charge in [0.15, 0.2) is 0 Å². The molecule has 0 bridgehead atoms. The summed E-state index contributed by atoms with van der Waals surface area (Å²) in [4.78, 5) is 0. The van der Waals surface area contributed by atoms with Crippen LogP contribution >= 0.6 is 0 Å². The lowest BCUT2D eigenvalue weighted by atomic mass is 10.0. The Morgan fingerprint density at radius 1 is 1.32 bits per heavy atom. The van der Waals surface area contributed by atoms with Crippen LogP contribution in [0.3, 0.4) is 0 Å². The molecule has 1 atom stereocenters. The molecule has 1 aromatic carbocycles. The van der Waals surface area contributed by atoms with Crippen molar-refractivity contribution in [3.63, 3.8) is 0 Å². The SMILES string of the molecule is Cn1ccc(CNC(c2ccc(F)cc2)C2CC2)n1. The van der Waals surface area contributed by atoms with Gasteiger partial charge in [-0.25, -0.2) is 4.39 Å². The summed E-state index contributed by atoms with van der Waals surface area (Å²) in [5, 5.41) is 7.91. The number of benzene rings is 1. The van der Waals surface area contributed by atoms with Crippen LogP contribution in [-0.4, -0.2) is 9.78 Å². The highest BCUT2D eigenvalue weighted by Crippen LogP contribution is 2.41. The van der Waals surface area contributed by atoms with E-state index in [-0.39, 0.29) is 5.82 Å². The predicted molar refractivity (Wildman–Crippen MR) is 71.9 cm³/mol. The van der Waals surface area contributed by atoms with Crippen molar-refractivity contribution in [3.05, 3.63) is 53.6 Å². The fourth-order valence-electron chi connectivity index (χ4n) is 2.43. The smallest absolute Gasteiger partial charge is 0.123 e. The molecule has 1 unspecified atom stereocenters. The molecule has 3 rings (SSSR count). The summed E-state index contributed by atoms with van der Waals surface area (Å²) in [7, 11) is 1.92. The number of hydrogen-bond donors (Lipinski definition) is 1. The number of hydrogen-bond acceptors (Lipinski definition) is 2. The van der Waals surface area contributed by atoms with Gasteiger partial charge in [-0.1, -0.05) is 12.1 Å². The van der Waals surface area contributed by atoms with Crippen LogP contribution < -0.4 is 5.32 Å². The van der Waals surface area contributed by atoms with Gasteiger partial charge in [-0.15, -0.1) is 0 Å². The monoisotopic (exact) mass is 259 g/mol. The Morgan fingerprint density at radius 2 is 2.05 bits per heavy atom. The third-order valence-corrected chi connectivity index (χ3v) is 3.59.